The normalized spacial score (nSPS) is 10.8. The van der Waals surface area contributed by atoms with E-state index < -0.39 is 11.9 Å². The number of hydrogen-bond acceptors (Lipinski definition) is 3. The number of alkyl halides is 3. The average molecular weight is 386 g/mol. The molecule has 1 aromatic heterocycles. The molecule has 1 aromatic carbocycles. The summed E-state index contributed by atoms with van der Waals surface area (Å²) in [6, 6.07) is 9.29. The number of hydrogen-bond donors (Lipinski definition) is 0. The van der Waals surface area contributed by atoms with E-state index in [9.17, 15) is 13.2 Å². The van der Waals surface area contributed by atoms with Crippen molar-refractivity contribution in [2.24, 2.45) is 0 Å². The molecule has 0 fully saturated rings. The minimum Gasteiger partial charge on any atom is -0.450 e. The second-order valence-electron chi connectivity index (χ2n) is 4.35. The molecule has 0 atom stereocenters. The molecule has 2 aromatic rings. The van der Waals surface area contributed by atoms with E-state index in [0.717, 1.165) is 10.5 Å². The summed E-state index contributed by atoms with van der Waals surface area (Å²) in [5.41, 5.74) is -0.0819. The SMILES string of the molecule is COCOc1nc(C(F)(F)F)ccc1C#Cc1ccc(Br)cc1. The third kappa shape index (κ3) is 4.98. The van der Waals surface area contributed by atoms with Crippen molar-refractivity contribution < 1.29 is 22.6 Å². The first-order chi connectivity index (χ1) is 10.9. The van der Waals surface area contributed by atoms with E-state index in [0.29, 0.717) is 5.56 Å². The quantitative estimate of drug-likeness (QED) is 0.584. The van der Waals surface area contributed by atoms with Crippen LogP contribution >= 0.6 is 15.9 Å². The summed E-state index contributed by atoms with van der Waals surface area (Å²) in [6.07, 6.45) is -4.55. The largest absolute Gasteiger partial charge is 0.450 e. The Hall–Kier alpha value is -2.04. The molecule has 0 aliphatic rings. The molecule has 1 heterocycles. The second-order valence-corrected chi connectivity index (χ2v) is 5.27. The Labute approximate surface area is 139 Å². The van der Waals surface area contributed by atoms with Crippen LogP contribution in [0.3, 0.4) is 0 Å². The Morgan fingerprint density at radius 1 is 1.09 bits per heavy atom. The Balaban J connectivity index is 2.35. The van der Waals surface area contributed by atoms with Gasteiger partial charge in [-0.25, -0.2) is 4.98 Å². The van der Waals surface area contributed by atoms with Gasteiger partial charge in [-0.1, -0.05) is 27.8 Å². The molecule has 0 spiro atoms. The van der Waals surface area contributed by atoms with Crippen molar-refractivity contribution >= 4 is 15.9 Å². The molecule has 23 heavy (non-hydrogen) atoms. The van der Waals surface area contributed by atoms with Gasteiger partial charge in [0.25, 0.3) is 0 Å². The highest BCUT2D eigenvalue weighted by Gasteiger charge is 2.33. The van der Waals surface area contributed by atoms with Crippen molar-refractivity contribution in [3.63, 3.8) is 0 Å². The van der Waals surface area contributed by atoms with Crippen molar-refractivity contribution in [2.75, 3.05) is 13.9 Å². The Bertz CT molecular complexity index is 734. The van der Waals surface area contributed by atoms with E-state index in [1.807, 2.05) is 12.1 Å². The molecular formula is C16H11BrF3NO2. The summed E-state index contributed by atoms with van der Waals surface area (Å²) in [5.74, 6) is 5.39. The molecule has 0 saturated carbocycles. The predicted octanol–water partition coefficient (Wildman–Crippen LogP) is 4.25. The molecule has 0 amide bonds. The van der Waals surface area contributed by atoms with Crippen molar-refractivity contribution in [3.8, 4) is 17.7 Å². The van der Waals surface area contributed by atoms with E-state index in [2.05, 4.69) is 32.8 Å². The first-order valence-corrected chi connectivity index (χ1v) is 7.17. The summed E-state index contributed by atoms with van der Waals surface area (Å²) in [5, 5.41) is 0. The van der Waals surface area contributed by atoms with Crippen LogP contribution in [-0.2, 0) is 10.9 Å². The van der Waals surface area contributed by atoms with Crippen LogP contribution in [0.1, 0.15) is 16.8 Å². The lowest BCUT2D eigenvalue weighted by atomic mass is 10.2. The van der Waals surface area contributed by atoms with Crippen LogP contribution in [0.5, 0.6) is 5.88 Å². The van der Waals surface area contributed by atoms with E-state index in [1.54, 1.807) is 12.1 Å². The van der Waals surface area contributed by atoms with Crippen LogP contribution in [0, 0.1) is 11.8 Å². The molecule has 0 unspecified atom stereocenters. The topological polar surface area (TPSA) is 31.4 Å². The van der Waals surface area contributed by atoms with E-state index >= 15 is 0 Å². The molecule has 0 radical (unpaired) electrons. The van der Waals surface area contributed by atoms with Crippen LogP contribution < -0.4 is 4.74 Å². The molecule has 120 valence electrons. The minimum absolute atomic E-state index is 0.216. The van der Waals surface area contributed by atoms with Gasteiger partial charge in [-0.3, -0.25) is 0 Å². The van der Waals surface area contributed by atoms with E-state index in [1.165, 1.54) is 13.2 Å². The van der Waals surface area contributed by atoms with Gasteiger partial charge in [0.1, 0.15) is 5.69 Å². The Morgan fingerprint density at radius 2 is 1.78 bits per heavy atom. The van der Waals surface area contributed by atoms with E-state index in [-0.39, 0.29) is 18.2 Å². The van der Waals surface area contributed by atoms with Gasteiger partial charge in [0.15, 0.2) is 6.79 Å². The summed E-state index contributed by atoms with van der Waals surface area (Å²) < 4.78 is 48.9. The van der Waals surface area contributed by atoms with Crippen molar-refractivity contribution in [2.45, 2.75) is 6.18 Å². The van der Waals surface area contributed by atoms with Gasteiger partial charge in [-0.05, 0) is 36.4 Å². The molecule has 3 nitrogen and oxygen atoms in total. The zero-order valence-electron chi connectivity index (χ0n) is 11.9. The number of rotatable bonds is 3. The fraction of sp³-hybridized carbons (Fsp3) is 0.188. The van der Waals surface area contributed by atoms with Crippen LogP contribution in [-0.4, -0.2) is 18.9 Å². The van der Waals surface area contributed by atoms with Crippen molar-refractivity contribution in [1.82, 2.24) is 4.98 Å². The number of ether oxygens (including phenoxy) is 2. The van der Waals surface area contributed by atoms with Crippen molar-refractivity contribution in [3.05, 3.63) is 57.7 Å². The monoisotopic (exact) mass is 385 g/mol. The third-order valence-electron chi connectivity index (χ3n) is 2.65. The molecular weight excluding hydrogens is 375 g/mol. The van der Waals surface area contributed by atoms with Gasteiger partial charge in [0, 0.05) is 17.1 Å². The van der Waals surface area contributed by atoms with Crippen LogP contribution in [0.4, 0.5) is 13.2 Å². The average Bonchev–Trinajstić information content (AvgIpc) is 2.52. The molecule has 0 aliphatic heterocycles. The minimum atomic E-state index is -4.55. The number of halogens is 4. The van der Waals surface area contributed by atoms with E-state index in [4.69, 9.17) is 9.47 Å². The summed E-state index contributed by atoms with van der Waals surface area (Å²) in [4.78, 5) is 3.47. The number of methoxy groups -OCH3 is 1. The van der Waals surface area contributed by atoms with Gasteiger partial charge in [-0.2, -0.15) is 13.2 Å². The Morgan fingerprint density at radius 3 is 2.39 bits per heavy atom. The second kappa shape index (κ2) is 7.49. The lowest BCUT2D eigenvalue weighted by Gasteiger charge is -2.10. The van der Waals surface area contributed by atoms with Gasteiger partial charge < -0.3 is 9.47 Å². The maximum Gasteiger partial charge on any atom is 0.433 e. The molecule has 0 aliphatic carbocycles. The molecule has 2 rings (SSSR count). The van der Waals surface area contributed by atoms with Crippen LogP contribution in [0.2, 0.25) is 0 Å². The zero-order valence-corrected chi connectivity index (χ0v) is 13.5. The molecule has 7 heteroatoms. The fourth-order valence-electron chi connectivity index (χ4n) is 1.59. The number of pyridine rings is 1. The first-order valence-electron chi connectivity index (χ1n) is 6.37. The smallest absolute Gasteiger partial charge is 0.433 e. The maximum absolute atomic E-state index is 12.7. The van der Waals surface area contributed by atoms with Crippen molar-refractivity contribution in [1.29, 1.82) is 0 Å². The van der Waals surface area contributed by atoms with Gasteiger partial charge in [-0.15, -0.1) is 0 Å². The first kappa shape index (κ1) is 17.3. The van der Waals surface area contributed by atoms with Gasteiger partial charge >= 0.3 is 6.18 Å². The van der Waals surface area contributed by atoms with Gasteiger partial charge in [0.2, 0.25) is 5.88 Å². The standard InChI is InChI=1S/C16H11BrF3NO2/c1-22-10-23-15-12(6-9-14(21-15)16(18,19)20)5-2-11-3-7-13(17)8-4-11/h3-4,6-9H,10H2,1H3. The highest BCUT2D eigenvalue weighted by molar-refractivity contribution is 9.10. The predicted molar refractivity (Wildman–Crippen MR) is 81.9 cm³/mol. The number of nitrogens with zero attached hydrogens (tertiary/aromatic N) is 1. The Kier molecular flexibility index (Phi) is 5.64. The molecule has 0 N–H and O–H groups in total. The highest BCUT2D eigenvalue weighted by Crippen LogP contribution is 2.30. The molecule has 0 saturated heterocycles. The summed E-state index contributed by atoms with van der Waals surface area (Å²) in [6.45, 7) is -0.221. The highest BCUT2D eigenvalue weighted by atomic mass is 79.9. The maximum atomic E-state index is 12.7. The summed E-state index contributed by atoms with van der Waals surface area (Å²) in [7, 11) is 1.36. The lowest BCUT2D eigenvalue weighted by Crippen LogP contribution is -2.11. The van der Waals surface area contributed by atoms with Gasteiger partial charge in [0.05, 0.1) is 5.56 Å². The lowest BCUT2D eigenvalue weighted by molar-refractivity contribution is -0.141. The third-order valence-corrected chi connectivity index (χ3v) is 3.18. The van der Waals surface area contributed by atoms with Crippen LogP contribution in [0.15, 0.2) is 40.9 Å². The molecule has 0 bridgehead atoms. The summed E-state index contributed by atoms with van der Waals surface area (Å²) >= 11 is 3.31. The fourth-order valence-corrected chi connectivity index (χ4v) is 1.86. The number of aromatic nitrogens is 1. The number of benzene rings is 1. The van der Waals surface area contributed by atoms with Crippen LogP contribution in [0.25, 0.3) is 0 Å². The zero-order chi connectivity index (χ0) is 16.9.